The maximum atomic E-state index is 11.4. The zero-order chi connectivity index (χ0) is 10.8. The van der Waals surface area contributed by atoms with Crippen molar-refractivity contribution in [3.63, 3.8) is 0 Å². The number of rotatable bonds is 2. The van der Waals surface area contributed by atoms with Gasteiger partial charge in [0.15, 0.2) is 5.78 Å². The third-order valence-electron chi connectivity index (χ3n) is 2.12. The fourth-order valence-electron chi connectivity index (χ4n) is 1.41. The Balaban J connectivity index is 2.57. The van der Waals surface area contributed by atoms with Crippen LogP contribution in [0, 0.1) is 6.92 Å². The van der Waals surface area contributed by atoms with Gasteiger partial charge in [-0.25, -0.2) is 9.97 Å². The summed E-state index contributed by atoms with van der Waals surface area (Å²) in [6, 6.07) is 3.52. The largest absolute Gasteiger partial charge is 0.294 e. The zero-order valence-electron chi connectivity index (χ0n) is 8.64. The SMILES string of the molecule is CC(=O)c1cccnc1-n1cnc(C)c1. The maximum absolute atomic E-state index is 11.4. The molecule has 0 saturated carbocycles. The summed E-state index contributed by atoms with van der Waals surface area (Å²) in [6.07, 6.45) is 5.16. The minimum Gasteiger partial charge on any atom is -0.294 e. The number of hydrogen-bond acceptors (Lipinski definition) is 3. The van der Waals surface area contributed by atoms with E-state index in [1.807, 2.05) is 13.1 Å². The van der Waals surface area contributed by atoms with Crippen LogP contribution >= 0.6 is 0 Å². The molecule has 4 heteroatoms. The second kappa shape index (κ2) is 3.65. The van der Waals surface area contributed by atoms with Crippen LogP contribution in [0.2, 0.25) is 0 Å². The van der Waals surface area contributed by atoms with Crippen molar-refractivity contribution < 1.29 is 4.79 Å². The highest BCUT2D eigenvalue weighted by molar-refractivity contribution is 5.96. The number of nitrogens with zero attached hydrogens (tertiary/aromatic N) is 3. The highest BCUT2D eigenvalue weighted by Crippen LogP contribution is 2.12. The number of Topliss-reactive ketones (excluding diaryl/α,β-unsaturated/α-hetero) is 1. The summed E-state index contributed by atoms with van der Waals surface area (Å²) in [6.45, 7) is 3.43. The molecule has 0 spiro atoms. The lowest BCUT2D eigenvalue weighted by molar-refractivity contribution is 0.101. The van der Waals surface area contributed by atoms with E-state index in [4.69, 9.17) is 0 Å². The summed E-state index contributed by atoms with van der Waals surface area (Å²) in [5, 5.41) is 0. The predicted octanol–water partition coefficient (Wildman–Crippen LogP) is 1.78. The van der Waals surface area contributed by atoms with Crippen molar-refractivity contribution in [2.75, 3.05) is 0 Å². The molecule has 0 N–H and O–H groups in total. The van der Waals surface area contributed by atoms with E-state index in [0.29, 0.717) is 11.4 Å². The Morgan fingerprint density at radius 1 is 1.40 bits per heavy atom. The van der Waals surface area contributed by atoms with Crippen LogP contribution in [0.3, 0.4) is 0 Å². The molecule has 0 aliphatic heterocycles. The predicted molar refractivity (Wildman–Crippen MR) is 56.1 cm³/mol. The molecule has 0 unspecified atom stereocenters. The van der Waals surface area contributed by atoms with Crippen LogP contribution in [-0.4, -0.2) is 20.3 Å². The summed E-state index contributed by atoms with van der Waals surface area (Å²) in [5.74, 6) is 0.634. The molecule has 76 valence electrons. The van der Waals surface area contributed by atoms with E-state index in [0.717, 1.165) is 5.69 Å². The summed E-state index contributed by atoms with van der Waals surface area (Å²) in [5.41, 5.74) is 1.50. The van der Waals surface area contributed by atoms with Crippen LogP contribution in [0.4, 0.5) is 0 Å². The van der Waals surface area contributed by atoms with Crippen molar-refractivity contribution in [2.24, 2.45) is 0 Å². The number of aromatic nitrogens is 3. The standard InChI is InChI=1S/C11H11N3O/c1-8-6-14(7-13-8)11-10(9(2)15)4-3-5-12-11/h3-7H,1-2H3. The molecule has 0 aliphatic carbocycles. The Morgan fingerprint density at radius 3 is 2.80 bits per heavy atom. The molecule has 2 aromatic heterocycles. The fraction of sp³-hybridized carbons (Fsp3) is 0.182. The number of ketones is 1. The van der Waals surface area contributed by atoms with Gasteiger partial charge < -0.3 is 0 Å². The molecule has 2 rings (SSSR count). The number of aryl methyl sites for hydroxylation is 1. The smallest absolute Gasteiger partial charge is 0.163 e. The van der Waals surface area contributed by atoms with Crippen LogP contribution in [0.5, 0.6) is 0 Å². The van der Waals surface area contributed by atoms with E-state index in [1.165, 1.54) is 6.92 Å². The highest BCUT2D eigenvalue weighted by atomic mass is 16.1. The molecule has 0 radical (unpaired) electrons. The lowest BCUT2D eigenvalue weighted by atomic mass is 10.2. The Bertz CT molecular complexity index is 502. The van der Waals surface area contributed by atoms with Gasteiger partial charge in [0.25, 0.3) is 0 Å². The number of carbonyl (C=O) groups excluding carboxylic acids is 1. The van der Waals surface area contributed by atoms with Crippen LogP contribution in [0.25, 0.3) is 5.82 Å². The van der Waals surface area contributed by atoms with E-state index in [9.17, 15) is 4.79 Å². The van der Waals surface area contributed by atoms with Gasteiger partial charge in [-0.1, -0.05) is 0 Å². The van der Waals surface area contributed by atoms with Crippen molar-refractivity contribution in [3.8, 4) is 5.82 Å². The topological polar surface area (TPSA) is 47.8 Å². The van der Waals surface area contributed by atoms with E-state index in [-0.39, 0.29) is 5.78 Å². The Kier molecular flexibility index (Phi) is 2.33. The summed E-state index contributed by atoms with van der Waals surface area (Å²) in [4.78, 5) is 19.7. The highest BCUT2D eigenvalue weighted by Gasteiger charge is 2.09. The van der Waals surface area contributed by atoms with Crippen LogP contribution < -0.4 is 0 Å². The van der Waals surface area contributed by atoms with Gasteiger partial charge in [-0.2, -0.15) is 0 Å². The molecule has 2 aromatic rings. The molecule has 4 nitrogen and oxygen atoms in total. The average molecular weight is 201 g/mol. The Labute approximate surface area is 87.6 Å². The molecule has 0 saturated heterocycles. The molecule has 15 heavy (non-hydrogen) atoms. The van der Waals surface area contributed by atoms with Crippen LogP contribution in [-0.2, 0) is 0 Å². The lowest BCUT2D eigenvalue weighted by Crippen LogP contribution is -2.03. The molecule has 0 bridgehead atoms. The molecule has 2 heterocycles. The minimum atomic E-state index is 0.00412. The number of carbonyl (C=O) groups is 1. The summed E-state index contributed by atoms with van der Waals surface area (Å²) in [7, 11) is 0. The van der Waals surface area contributed by atoms with Gasteiger partial charge in [0.05, 0.1) is 11.3 Å². The number of imidazole rings is 1. The second-order valence-corrected chi connectivity index (χ2v) is 3.35. The molecule has 0 aliphatic rings. The van der Waals surface area contributed by atoms with Gasteiger partial charge in [0, 0.05) is 12.4 Å². The van der Waals surface area contributed by atoms with Crippen molar-refractivity contribution >= 4 is 5.78 Å². The van der Waals surface area contributed by atoms with E-state index in [1.54, 1.807) is 29.2 Å². The lowest BCUT2D eigenvalue weighted by Gasteiger charge is -2.04. The first-order valence-electron chi connectivity index (χ1n) is 4.65. The normalized spacial score (nSPS) is 10.3. The monoisotopic (exact) mass is 201 g/mol. The maximum Gasteiger partial charge on any atom is 0.163 e. The minimum absolute atomic E-state index is 0.00412. The Morgan fingerprint density at radius 2 is 2.20 bits per heavy atom. The third-order valence-corrected chi connectivity index (χ3v) is 2.12. The molecular formula is C11H11N3O. The second-order valence-electron chi connectivity index (χ2n) is 3.35. The fourth-order valence-corrected chi connectivity index (χ4v) is 1.41. The van der Waals surface area contributed by atoms with Gasteiger partial charge in [-0.3, -0.25) is 9.36 Å². The van der Waals surface area contributed by atoms with Crippen molar-refractivity contribution in [1.82, 2.24) is 14.5 Å². The number of pyridine rings is 1. The first-order chi connectivity index (χ1) is 7.18. The van der Waals surface area contributed by atoms with Crippen LogP contribution in [0.15, 0.2) is 30.9 Å². The Hall–Kier alpha value is -1.97. The molecule has 0 atom stereocenters. The van der Waals surface area contributed by atoms with E-state index < -0.39 is 0 Å². The van der Waals surface area contributed by atoms with Gasteiger partial charge in [-0.05, 0) is 26.0 Å². The molecule has 0 aromatic carbocycles. The summed E-state index contributed by atoms with van der Waals surface area (Å²) < 4.78 is 1.76. The molecular weight excluding hydrogens is 190 g/mol. The molecule has 0 fully saturated rings. The van der Waals surface area contributed by atoms with Gasteiger partial charge in [0.2, 0.25) is 0 Å². The van der Waals surface area contributed by atoms with E-state index in [2.05, 4.69) is 9.97 Å². The zero-order valence-corrected chi connectivity index (χ0v) is 8.64. The van der Waals surface area contributed by atoms with E-state index >= 15 is 0 Å². The van der Waals surface area contributed by atoms with Crippen molar-refractivity contribution in [2.45, 2.75) is 13.8 Å². The number of hydrogen-bond donors (Lipinski definition) is 0. The summed E-state index contributed by atoms with van der Waals surface area (Å²) >= 11 is 0. The van der Waals surface area contributed by atoms with Crippen molar-refractivity contribution in [1.29, 1.82) is 0 Å². The third kappa shape index (κ3) is 1.79. The van der Waals surface area contributed by atoms with Gasteiger partial charge >= 0.3 is 0 Å². The molecule has 0 amide bonds. The average Bonchev–Trinajstić information content (AvgIpc) is 2.65. The first kappa shape index (κ1) is 9.58. The first-order valence-corrected chi connectivity index (χ1v) is 4.65. The quantitative estimate of drug-likeness (QED) is 0.696. The van der Waals surface area contributed by atoms with Crippen molar-refractivity contribution in [3.05, 3.63) is 42.1 Å². The van der Waals surface area contributed by atoms with Gasteiger partial charge in [-0.15, -0.1) is 0 Å². The van der Waals surface area contributed by atoms with Gasteiger partial charge in [0.1, 0.15) is 12.1 Å². The van der Waals surface area contributed by atoms with Crippen LogP contribution in [0.1, 0.15) is 23.0 Å².